The van der Waals surface area contributed by atoms with E-state index in [2.05, 4.69) is 0 Å². The van der Waals surface area contributed by atoms with Crippen LogP contribution in [-0.2, 0) is 0 Å². The summed E-state index contributed by atoms with van der Waals surface area (Å²) in [5, 5.41) is 11.2. The number of phenolic OH excluding ortho intramolecular Hbond substituents is 1. The highest BCUT2D eigenvalue weighted by Gasteiger charge is 2.27. The fourth-order valence-corrected chi connectivity index (χ4v) is 3.89. The number of benzene rings is 4. The molecule has 0 bridgehead atoms. The highest BCUT2D eigenvalue weighted by atomic mass is 19.1. The van der Waals surface area contributed by atoms with Gasteiger partial charge in [0.2, 0.25) is 11.6 Å². The Balaban J connectivity index is 1.95. The largest absolute Gasteiger partial charge is 0.507 e. The van der Waals surface area contributed by atoms with Crippen molar-refractivity contribution in [1.82, 2.24) is 0 Å². The average molecular weight is 442 g/mol. The van der Waals surface area contributed by atoms with Crippen LogP contribution in [0.25, 0.3) is 22.3 Å². The quantitative estimate of drug-likeness (QED) is 0.277. The van der Waals surface area contributed by atoms with Crippen LogP contribution in [0.3, 0.4) is 0 Å². The number of carbonyl (C=O) groups is 2. The number of ketones is 2. The summed E-state index contributed by atoms with van der Waals surface area (Å²) in [7, 11) is 0. The lowest BCUT2D eigenvalue weighted by Gasteiger charge is -2.16. The van der Waals surface area contributed by atoms with E-state index in [0.717, 1.165) is 29.3 Å². The summed E-state index contributed by atoms with van der Waals surface area (Å²) in [5.74, 6) is -4.62. The monoisotopic (exact) mass is 442 g/mol. The van der Waals surface area contributed by atoms with Crippen LogP contribution in [0.15, 0.2) is 78.9 Å². The Morgan fingerprint density at radius 1 is 0.636 bits per heavy atom. The van der Waals surface area contributed by atoms with Gasteiger partial charge in [0.05, 0.1) is 5.56 Å². The molecule has 4 rings (SSSR count). The van der Waals surface area contributed by atoms with E-state index in [1.54, 1.807) is 24.3 Å². The number of rotatable bonds is 5. The third-order valence-electron chi connectivity index (χ3n) is 5.64. The Morgan fingerprint density at radius 3 is 1.55 bits per heavy atom. The number of aromatic hydroxyl groups is 1. The van der Waals surface area contributed by atoms with Crippen LogP contribution < -0.4 is 0 Å². The number of halogens is 2. The van der Waals surface area contributed by atoms with Gasteiger partial charge in [-0.2, -0.15) is 0 Å². The number of phenols is 1. The number of carbonyl (C=O) groups excluding carboxylic acids is 2. The first-order chi connectivity index (χ1) is 15.8. The maximum Gasteiger partial charge on any atom is 0.239 e. The average Bonchev–Trinajstić information content (AvgIpc) is 2.79. The minimum absolute atomic E-state index is 0.0559. The van der Waals surface area contributed by atoms with Crippen LogP contribution in [0.5, 0.6) is 5.75 Å². The van der Waals surface area contributed by atoms with Gasteiger partial charge in [-0.1, -0.05) is 54.6 Å². The number of hydrogen-bond donors (Lipinski definition) is 1. The second-order valence-electron chi connectivity index (χ2n) is 7.80. The summed E-state index contributed by atoms with van der Waals surface area (Å²) < 4.78 is 28.4. The Kier molecular flexibility index (Phi) is 5.88. The summed E-state index contributed by atoms with van der Waals surface area (Å²) in [4.78, 5) is 25.9. The third kappa shape index (κ3) is 4.05. The van der Waals surface area contributed by atoms with Crippen LogP contribution in [0.1, 0.15) is 31.8 Å². The molecule has 4 aromatic rings. The van der Waals surface area contributed by atoms with Gasteiger partial charge in [0.25, 0.3) is 0 Å². The summed E-state index contributed by atoms with van der Waals surface area (Å²) in [6.07, 6.45) is 0. The van der Waals surface area contributed by atoms with Gasteiger partial charge in [0, 0.05) is 16.7 Å². The second kappa shape index (κ2) is 8.79. The molecule has 5 heteroatoms. The predicted octanol–water partition coefficient (Wildman–Crippen LogP) is 6.69. The normalized spacial score (nSPS) is 10.8. The molecule has 4 aromatic carbocycles. The first-order valence-electron chi connectivity index (χ1n) is 10.3. The van der Waals surface area contributed by atoms with E-state index in [0.29, 0.717) is 22.3 Å². The van der Waals surface area contributed by atoms with Crippen LogP contribution in [-0.4, -0.2) is 16.7 Å². The minimum atomic E-state index is -1.29. The molecule has 0 fully saturated rings. The smallest absolute Gasteiger partial charge is 0.239 e. The van der Waals surface area contributed by atoms with E-state index in [9.17, 15) is 23.5 Å². The number of hydrogen-bond acceptors (Lipinski definition) is 3. The Bertz CT molecular complexity index is 1320. The molecule has 0 saturated heterocycles. The molecule has 33 heavy (non-hydrogen) atoms. The van der Waals surface area contributed by atoms with Crippen LogP contribution in [0.2, 0.25) is 0 Å². The van der Waals surface area contributed by atoms with E-state index in [1.165, 1.54) is 12.1 Å². The van der Waals surface area contributed by atoms with Gasteiger partial charge in [-0.25, -0.2) is 8.78 Å². The Hall–Kier alpha value is -4.12. The lowest BCUT2D eigenvalue weighted by atomic mass is 9.89. The predicted molar refractivity (Wildman–Crippen MR) is 123 cm³/mol. The van der Waals surface area contributed by atoms with Crippen molar-refractivity contribution in [1.29, 1.82) is 0 Å². The molecule has 3 nitrogen and oxygen atoms in total. The summed E-state index contributed by atoms with van der Waals surface area (Å²) >= 11 is 0. The highest BCUT2D eigenvalue weighted by molar-refractivity contribution is 6.49. The topological polar surface area (TPSA) is 54.4 Å². The van der Waals surface area contributed by atoms with Crippen molar-refractivity contribution in [2.24, 2.45) is 0 Å². The van der Waals surface area contributed by atoms with Crippen molar-refractivity contribution >= 4 is 11.6 Å². The molecule has 0 radical (unpaired) electrons. The summed E-state index contributed by atoms with van der Waals surface area (Å²) in [6, 6.07) is 20.3. The minimum Gasteiger partial charge on any atom is -0.507 e. The second-order valence-corrected chi connectivity index (χ2v) is 7.80. The van der Waals surface area contributed by atoms with Crippen molar-refractivity contribution < 1.29 is 23.5 Å². The van der Waals surface area contributed by atoms with E-state index in [-0.39, 0.29) is 11.3 Å². The Morgan fingerprint density at radius 2 is 1.09 bits per heavy atom. The first kappa shape index (κ1) is 22.1. The van der Waals surface area contributed by atoms with Gasteiger partial charge in [-0.05, 0) is 60.4 Å². The molecule has 0 saturated carbocycles. The third-order valence-corrected chi connectivity index (χ3v) is 5.64. The summed E-state index contributed by atoms with van der Waals surface area (Å²) in [6.45, 7) is 3.72. The molecule has 0 aliphatic heterocycles. The molecule has 164 valence electrons. The fourth-order valence-electron chi connectivity index (χ4n) is 3.89. The van der Waals surface area contributed by atoms with Gasteiger partial charge < -0.3 is 5.11 Å². The summed E-state index contributed by atoms with van der Waals surface area (Å²) in [5.41, 5.74) is 2.76. The molecule has 0 aliphatic carbocycles. The molecule has 0 aromatic heterocycles. The zero-order valence-electron chi connectivity index (χ0n) is 18.0. The molecule has 0 heterocycles. The standard InChI is InChI=1S/C28H20F2O3/c1-16-8-3-5-10-19(16)21-14-18(15-22(27(21)32)20-11-6-4-9-17(20)2)26(31)28(33)25-23(29)12-7-13-24(25)30/h3-15,32H,1-2H3. The molecule has 1 N–H and O–H groups in total. The van der Waals surface area contributed by atoms with Crippen LogP contribution in [0.4, 0.5) is 8.78 Å². The van der Waals surface area contributed by atoms with E-state index >= 15 is 0 Å². The number of aryl methyl sites for hydroxylation is 2. The van der Waals surface area contributed by atoms with Gasteiger partial charge in [0.15, 0.2) is 0 Å². The van der Waals surface area contributed by atoms with Crippen LogP contribution >= 0.6 is 0 Å². The first-order valence-corrected chi connectivity index (χ1v) is 10.3. The van der Waals surface area contributed by atoms with Crippen molar-refractivity contribution in [3.63, 3.8) is 0 Å². The highest BCUT2D eigenvalue weighted by Crippen LogP contribution is 2.41. The molecular weight excluding hydrogens is 422 g/mol. The molecule has 0 aliphatic rings. The fraction of sp³-hybridized carbons (Fsp3) is 0.0714. The Labute approximate surface area is 190 Å². The van der Waals surface area contributed by atoms with Crippen molar-refractivity contribution in [3.05, 3.63) is 113 Å². The lowest BCUT2D eigenvalue weighted by molar-refractivity contribution is 0.0811. The molecule has 0 amide bonds. The number of Topliss-reactive ketones (excluding diaryl/α,β-unsaturated/α-hetero) is 2. The molecule has 0 unspecified atom stereocenters. The van der Waals surface area contributed by atoms with E-state index in [4.69, 9.17) is 0 Å². The SMILES string of the molecule is Cc1ccccc1-c1cc(C(=O)C(=O)c2c(F)cccc2F)cc(-c2ccccc2C)c1O. The van der Waals surface area contributed by atoms with Gasteiger partial charge in [0.1, 0.15) is 17.4 Å². The van der Waals surface area contributed by atoms with Crippen LogP contribution in [0, 0.1) is 25.5 Å². The zero-order chi connectivity index (χ0) is 23.7. The van der Waals surface area contributed by atoms with Crippen molar-refractivity contribution in [2.45, 2.75) is 13.8 Å². The van der Waals surface area contributed by atoms with Gasteiger partial charge >= 0.3 is 0 Å². The maximum atomic E-state index is 14.2. The van der Waals surface area contributed by atoms with E-state index in [1.807, 2.05) is 38.1 Å². The zero-order valence-corrected chi connectivity index (χ0v) is 18.0. The molecule has 0 spiro atoms. The van der Waals surface area contributed by atoms with Gasteiger partial charge in [-0.3, -0.25) is 9.59 Å². The van der Waals surface area contributed by atoms with Crippen molar-refractivity contribution in [3.8, 4) is 28.0 Å². The molecular formula is C28H20F2O3. The van der Waals surface area contributed by atoms with E-state index < -0.39 is 28.8 Å². The van der Waals surface area contributed by atoms with Gasteiger partial charge in [-0.15, -0.1) is 0 Å². The molecule has 0 atom stereocenters. The van der Waals surface area contributed by atoms with Crippen molar-refractivity contribution in [2.75, 3.05) is 0 Å². The lowest BCUT2D eigenvalue weighted by Crippen LogP contribution is -2.18. The maximum absolute atomic E-state index is 14.2.